The zero-order chi connectivity index (χ0) is 15.6. The number of halogens is 3. The van der Waals surface area contributed by atoms with Crippen molar-refractivity contribution in [1.82, 2.24) is 5.32 Å². The molecule has 0 bridgehead atoms. The maximum absolute atomic E-state index is 13.2. The van der Waals surface area contributed by atoms with E-state index >= 15 is 0 Å². The molecular weight excluding hydrogens is 361 g/mol. The van der Waals surface area contributed by atoms with Crippen molar-refractivity contribution < 1.29 is 9.18 Å². The second-order valence-electron chi connectivity index (χ2n) is 4.25. The minimum Gasteiger partial charge on any atom is -0.397 e. The van der Waals surface area contributed by atoms with Gasteiger partial charge in [-0.25, -0.2) is 4.39 Å². The fourth-order valence-electron chi connectivity index (χ4n) is 1.76. The SMILES string of the molecule is CNC(=O)c1ccc(Nc2c(Cl)cc(F)cc2Br)c(N)c1. The number of nitrogen functional groups attached to an aromatic ring is 1. The molecule has 21 heavy (non-hydrogen) atoms. The molecule has 0 saturated heterocycles. The smallest absolute Gasteiger partial charge is 0.251 e. The summed E-state index contributed by atoms with van der Waals surface area (Å²) in [4.78, 5) is 11.5. The van der Waals surface area contributed by atoms with E-state index in [1.54, 1.807) is 25.2 Å². The lowest BCUT2D eigenvalue weighted by Crippen LogP contribution is -2.18. The predicted octanol–water partition coefficient (Wildman–Crippen LogP) is 3.93. The summed E-state index contributed by atoms with van der Waals surface area (Å²) in [6.45, 7) is 0. The molecule has 0 atom stereocenters. The minimum atomic E-state index is -0.444. The molecule has 0 fully saturated rings. The molecule has 0 aromatic heterocycles. The monoisotopic (exact) mass is 371 g/mol. The lowest BCUT2D eigenvalue weighted by Gasteiger charge is -2.13. The van der Waals surface area contributed by atoms with Crippen LogP contribution in [0.1, 0.15) is 10.4 Å². The number of benzene rings is 2. The Morgan fingerprint density at radius 2 is 2.05 bits per heavy atom. The van der Waals surface area contributed by atoms with Crippen LogP contribution in [0.2, 0.25) is 5.02 Å². The Hall–Kier alpha value is -1.79. The highest BCUT2D eigenvalue weighted by Crippen LogP contribution is 2.35. The Bertz CT molecular complexity index is 686. The van der Waals surface area contributed by atoms with Crippen LogP contribution in [0, 0.1) is 5.82 Å². The highest BCUT2D eigenvalue weighted by atomic mass is 79.9. The van der Waals surface area contributed by atoms with E-state index in [1.165, 1.54) is 12.1 Å². The van der Waals surface area contributed by atoms with Crippen LogP contribution in [0.4, 0.5) is 21.5 Å². The van der Waals surface area contributed by atoms with Crippen LogP contribution in [0.3, 0.4) is 0 Å². The molecule has 4 nitrogen and oxygen atoms in total. The third-order valence-corrected chi connectivity index (χ3v) is 3.73. The Kier molecular flexibility index (Phi) is 4.69. The van der Waals surface area contributed by atoms with Gasteiger partial charge in [-0.1, -0.05) is 11.6 Å². The van der Waals surface area contributed by atoms with Gasteiger partial charge in [0.05, 0.1) is 22.1 Å². The molecule has 4 N–H and O–H groups in total. The number of hydrogen-bond acceptors (Lipinski definition) is 3. The van der Waals surface area contributed by atoms with Crippen molar-refractivity contribution >= 4 is 50.5 Å². The first kappa shape index (κ1) is 15.6. The summed E-state index contributed by atoms with van der Waals surface area (Å²) in [6, 6.07) is 7.33. The molecule has 7 heteroatoms. The van der Waals surface area contributed by atoms with Crippen molar-refractivity contribution in [2.24, 2.45) is 0 Å². The molecule has 2 aromatic carbocycles. The summed E-state index contributed by atoms with van der Waals surface area (Å²) in [5.74, 6) is -0.672. The molecule has 2 rings (SSSR count). The third kappa shape index (κ3) is 3.46. The number of hydrogen-bond donors (Lipinski definition) is 3. The van der Waals surface area contributed by atoms with Gasteiger partial charge in [0.1, 0.15) is 5.82 Å². The summed E-state index contributed by atoms with van der Waals surface area (Å²) in [6.07, 6.45) is 0. The lowest BCUT2D eigenvalue weighted by molar-refractivity contribution is 0.0963. The number of anilines is 3. The van der Waals surface area contributed by atoms with Crippen LogP contribution in [0.15, 0.2) is 34.8 Å². The minimum absolute atomic E-state index is 0.219. The molecule has 0 radical (unpaired) electrons. The average molecular weight is 373 g/mol. The number of carbonyl (C=O) groups excluding carboxylic acids is 1. The molecule has 0 saturated carbocycles. The maximum atomic E-state index is 13.2. The van der Waals surface area contributed by atoms with Crippen LogP contribution >= 0.6 is 27.5 Å². The van der Waals surface area contributed by atoms with Crippen molar-refractivity contribution in [1.29, 1.82) is 0 Å². The van der Waals surface area contributed by atoms with E-state index < -0.39 is 5.82 Å². The molecule has 0 unspecified atom stereocenters. The van der Waals surface area contributed by atoms with E-state index in [1.807, 2.05) is 0 Å². The summed E-state index contributed by atoms with van der Waals surface area (Å²) < 4.78 is 13.7. The number of nitrogens with two attached hydrogens (primary N) is 1. The van der Waals surface area contributed by atoms with Gasteiger partial charge in [0.15, 0.2) is 0 Å². The van der Waals surface area contributed by atoms with E-state index in [-0.39, 0.29) is 10.9 Å². The Morgan fingerprint density at radius 3 is 2.62 bits per heavy atom. The zero-order valence-electron chi connectivity index (χ0n) is 11.0. The van der Waals surface area contributed by atoms with Crippen molar-refractivity contribution in [2.75, 3.05) is 18.1 Å². The second-order valence-corrected chi connectivity index (χ2v) is 5.51. The first-order valence-electron chi connectivity index (χ1n) is 5.95. The van der Waals surface area contributed by atoms with Gasteiger partial charge < -0.3 is 16.4 Å². The van der Waals surface area contributed by atoms with E-state index in [0.717, 1.165) is 0 Å². The third-order valence-electron chi connectivity index (χ3n) is 2.81. The Morgan fingerprint density at radius 1 is 1.33 bits per heavy atom. The van der Waals surface area contributed by atoms with Crippen LogP contribution in [0.5, 0.6) is 0 Å². The number of rotatable bonds is 3. The molecule has 0 aliphatic rings. The van der Waals surface area contributed by atoms with Crippen LogP contribution < -0.4 is 16.4 Å². The first-order chi connectivity index (χ1) is 9.92. The molecule has 1 amide bonds. The van der Waals surface area contributed by atoms with Crippen molar-refractivity contribution in [3.63, 3.8) is 0 Å². The van der Waals surface area contributed by atoms with Gasteiger partial charge in [0.25, 0.3) is 5.91 Å². The number of carbonyl (C=O) groups is 1. The van der Waals surface area contributed by atoms with Crippen LogP contribution in [-0.4, -0.2) is 13.0 Å². The van der Waals surface area contributed by atoms with Gasteiger partial charge in [0, 0.05) is 17.1 Å². The normalized spacial score (nSPS) is 10.3. The predicted molar refractivity (Wildman–Crippen MR) is 86.6 cm³/mol. The Balaban J connectivity index is 2.35. The Labute approximate surface area is 134 Å². The van der Waals surface area contributed by atoms with Crippen molar-refractivity contribution in [3.05, 3.63) is 51.2 Å². The summed E-state index contributed by atoms with van der Waals surface area (Å²) in [5, 5.41) is 5.75. The molecule has 2 aromatic rings. The second kappa shape index (κ2) is 6.32. The molecule has 110 valence electrons. The first-order valence-corrected chi connectivity index (χ1v) is 7.12. The van der Waals surface area contributed by atoms with E-state index in [4.69, 9.17) is 17.3 Å². The van der Waals surface area contributed by atoms with Gasteiger partial charge in [0.2, 0.25) is 0 Å². The van der Waals surface area contributed by atoms with Crippen molar-refractivity contribution in [3.8, 4) is 0 Å². The number of amides is 1. The van der Waals surface area contributed by atoms with Gasteiger partial charge in [-0.3, -0.25) is 4.79 Å². The van der Waals surface area contributed by atoms with Crippen LogP contribution in [-0.2, 0) is 0 Å². The van der Waals surface area contributed by atoms with E-state index in [9.17, 15) is 9.18 Å². The summed E-state index contributed by atoms with van der Waals surface area (Å²) in [5.41, 5.74) is 7.81. The fraction of sp³-hybridized carbons (Fsp3) is 0.0714. The van der Waals surface area contributed by atoms with Crippen LogP contribution in [0.25, 0.3) is 0 Å². The molecular formula is C14H12BrClFN3O. The van der Waals surface area contributed by atoms with Gasteiger partial charge >= 0.3 is 0 Å². The molecule has 0 aliphatic heterocycles. The largest absolute Gasteiger partial charge is 0.397 e. The maximum Gasteiger partial charge on any atom is 0.251 e. The average Bonchev–Trinajstić information content (AvgIpc) is 2.43. The van der Waals surface area contributed by atoms with Gasteiger partial charge in [-0.05, 0) is 46.3 Å². The van der Waals surface area contributed by atoms with Gasteiger partial charge in [-0.15, -0.1) is 0 Å². The fourth-order valence-corrected chi connectivity index (χ4v) is 2.66. The topological polar surface area (TPSA) is 67.2 Å². The zero-order valence-corrected chi connectivity index (χ0v) is 13.3. The van der Waals surface area contributed by atoms with Gasteiger partial charge in [-0.2, -0.15) is 0 Å². The molecule has 0 heterocycles. The highest BCUT2D eigenvalue weighted by molar-refractivity contribution is 9.10. The lowest BCUT2D eigenvalue weighted by atomic mass is 10.1. The molecule has 0 aliphatic carbocycles. The van der Waals surface area contributed by atoms with E-state index in [2.05, 4.69) is 26.6 Å². The summed E-state index contributed by atoms with van der Waals surface area (Å²) >= 11 is 9.24. The summed E-state index contributed by atoms with van der Waals surface area (Å²) in [7, 11) is 1.54. The quantitative estimate of drug-likeness (QED) is 0.715. The number of nitrogens with one attached hydrogen (secondary N) is 2. The van der Waals surface area contributed by atoms with E-state index in [0.29, 0.717) is 27.1 Å². The van der Waals surface area contributed by atoms with Crippen molar-refractivity contribution in [2.45, 2.75) is 0 Å². The highest BCUT2D eigenvalue weighted by Gasteiger charge is 2.11. The molecule has 0 spiro atoms. The standard InChI is InChI=1S/C14H12BrClFN3O/c1-19-14(21)7-2-3-12(11(18)4-7)20-13-9(15)5-8(17)6-10(13)16/h2-6,20H,18H2,1H3,(H,19,21).